The van der Waals surface area contributed by atoms with Gasteiger partial charge < -0.3 is 10.6 Å². The lowest BCUT2D eigenvalue weighted by atomic mass is 10.0. The Labute approximate surface area is 101 Å². The van der Waals surface area contributed by atoms with E-state index in [1.54, 1.807) is 0 Å². The van der Waals surface area contributed by atoms with Crippen LogP contribution in [0.5, 0.6) is 0 Å². The van der Waals surface area contributed by atoms with E-state index in [0.29, 0.717) is 6.04 Å². The molecule has 0 aliphatic heterocycles. The standard InChI is InChI=1S/C10H24N2.2ClH/c1-5-12(6-2)8-10(11)7-9(3)4;;/h9-10H,5-8,11H2,1-4H3;2*1H. The lowest BCUT2D eigenvalue weighted by molar-refractivity contribution is 0.269. The summed E-state index contributed by atoms with van der Waals surface area (Å²) < 4.78 is 0. The number of nitrogens with two attached hydrogens (primary N) is 1. The van der Waals surface area contributed by atoms with E-state index in [2.05, 4.69) is 32.6 Å². The Hall–Kier alpha value is 0.500. The highest BCUT2D eigenvalue weighted by molar-refractivity contribution is 5.85. The third kappa shape index (κ3) is 10.6. The van der Waals surface area contributed by atoms with Crippen molar-refractivity contribution in [1.82, 2.24) is 4.90 Å². The van der Waals surface area contributed by atoms with E-state index in [-0.39, 0.29) is 24.8 Å². The molecule has 0 fully saturated rings. The molecule has 0 aromatic carbocycles. The number of hydrogen-bond donors (Lipinski definition) is 1. The molecule has 0 amide bonds. The monoisotopic (exact) mass is 244 g/mol. The number of halogens is 2. The van der Waals surface area contributed by atoms with Crippen molar-refractivity contribution in [3.63, 3.8) is 0 Å². The fourth-order valence-corrected chi connectivity index (χ4v) is 1.49. The fraction of sp³-hybridized carbons (Fsp3) is 1.00. The molecule has 0 heterocycles. The zero-order valence-electron chi connectivity index (χ0n) is 9.82. The Morgan fingerprint density at radius 3 is 1.79 bits per heavy atom. The highest BCUT2D eigenvalue weighted by atomic mass is 35.5. The maximum atomic E-state index is 5.98. The zero-order valence-corrected chi connectivity index (χ0v) is 11.5. The maximum Gasteiger partial charge on any atom is 0.0170 e. The molecule has 0 aromatic heterocycles. The zero-order chi connectivity index (χ0) is 9.56. The van der Waals surface area contributed by atoms with E-state index in [4.69, 9.17) is 5.73 Å². The number of likely N-dealkylation sites (N-methyl/N-ethyl adjacent to an activating group) is 1. The molecular formula is C10H26Cl2N2. The summed E-state index contributed by atoms with van der Waals surface area (Å²) in [6, 6.07) is 0.352. The number of hydrogen-bond acceptors (Lipinski definition) is 2. The molecule has 0 aliphatic carbocycles. The van der Waals surface area contributed by atoms with Crippen LogP contribution in [0, 0.1) is 5.92 Å². The van der Waals surface area contributed by atoms with E-state index in [1.807, 2.05) is 0 Å². The summed E-state index contributed by atoms with van der Waals surface area (Å²) in [5.74, 6) is 0.718. The van der Waals surface area contributed by atoms with Gasteiger partial charge in [0.1, 0.15) is 0 Å². The summed E-state index contributed by atoms with van der Waals surface area (Å²) in [6.07, 6.45) is 1.14. The number of nitrogens with zero attached hydrogens (tertiary/aromatic N) is 1. The highest BCUT2D eigenvalue weighted by Gasteiger charge is 2.08. The molecular weight excluding hydrogens is 219 g/mol. The normalized spacial score (nSPS) is 12.2. The molecule has 0 radical (unpaired) electrons. The summed E-state index contributed by atoms with van der Waals surface area (Å²) in [5, 5.41) is 0. The van der Waals surface area contributed by atoms with Gasteiger partial charge in [-0.3, -0.25) is 0 Å². The Balaban J connectivity index is -0.000000605. The second kappa shape index (κ2) is 11.6. The molecule has 0 aliphatic rings. The second-order valence-electron chi connectivity index (χ2n) is 3.88. The van der Waals surface area contributed by atoms with E-state index in [0.717, 1.165) is 32.0 Å². The van der Waals surface area contributed by atoms with Crippen LogP contribution < -0.4 is 5.73 Å². The smallest absolute Gasteiger partial charge is 0.0170 e. The maximum absolute atomic E-state index is 5.98. The summed E-state index contributed by atoms with van der Waals surface area (Å²) in [5.41, 5.74) is 5.98. The summed E-state index contributed by atoms with van der Waals surface area (Å²) in [6.45, 7) is 12.1. The van der Waals surface area contributed by atoms with Gasteiger partial charge >= 0.3 is 0 Å². The lowest BCUT2D eigenvalue weighted by Crippen LogP contribution is -2.38. The van der Waals surface area contributed by atoms with Crippen molar-refractivity contribution in [2.75, 3.05) is 19.6 Å². The van der Waals surface area contributed by atoms with Crippen molar-refractivity contribution in [2.24, 2.45) is 11.7 Å². The molecule has 0 spiro atoms. The van der Waals surface area contributed by atoms with E-state index in [1.165, 1.54) is 0 Å². The average Bonchev–Trinajstić information content (AvgIpc) is 1.98. The SMILES string of the molecule is CCN(CC)CC(N)CC(C)C.Cl.Cl. The molecule has 0 aromatic rings. The van der Waals surface area contributed by atoms with Crippen LogP contribution in [0.3, 0.4) is 0 Å². The molecule has 0 bridgehead atoms. The van der Waals surface area contributed by atoms with Gasteiger partial charge in [-0.1, -0.05) is 27.7 Å². The highest BCUT2D eigenvalue weighted by Crippen LogP contribution is 2.03. The molecule has 4 heteroatoms. The molecule has 0 saturated heterocycles. The summed E-state index contributed by atoms with van der Waals surface area (Å²) >= 11 is 0. The predicted molar refractivity (Wildman–Crippen MR) is 69.7 cm³/mol. The molecule has 1 atom stereocenters. The van der Waals surface area contributed by atoms with Crippen molar-refractivity contribution in [1.29, 1.82) is 0 Å². The van der Waals surface area contributed by atoms with Gasteiger partial charge in [0.05, 0.1) is 0 Å². The largest absolute Gasteiger partial charge is 0.327 e. The van der Waals surface area contributed by atoms with E-state index >= 15 is 0 Å². The molecule has 1 unspecified atom stereocenters. The minimum Gasteiger partial charge on any atom is -0.327 e. The Morgan fingerprint density at radius 2 is 1.50 bits per heavy atom. The summed E-state index contributed by atoms with van der Waals surface area (Å²) in [4.78, 5) is 2.38. The van der Waals surface area contributed by atoms with Gasteiger partial charge in [0.15, 0.2) is 0 Å². The first-order valence-corrected chi connectivity index (χ1v) is 5.08. The van der Waals surface area contributed by atoms with Crippen LogP contribution in [0.1, 0.15) is 34.1 Å². The number of rotatable bonds is 6. The minimum absolute atomic E-state index is 0. The molecule has 90 valence electrons. The van der Waals surface area contributed by atoms with Crippen LogP contribution in [-0.4, -0.2) is 30.6 Å². The van der Waals surface area contributed by atoms with Crippen LogP contribution >= 0.6 is 24.8 Å². The Bertz CT molecular complexity index is 106. The first-order chi connectivity index (χ1) is 5.60. The van der Waals surface area contributed by atoms with Crippen LogP contribution in [0.2, 0.25) is 0 Å². The molecule has 14 heavy (non-hydrogen) atoms. The quantitative estimate of drug-likeness (QED) is 0.779. The van der Waals surface area contributed by atoms with Crippen molar-refractivity contribution >= 4 is 24.8 Å². The Morgan fingerprint density at radius 1 is 1.07 bits per heavy atom. The topological polar surface area (TPSA) is 29.3 Å². The molecule has 0 saturated carbocycles. The van der Waals surface area contributed by atoms with Gasteiger partial charge in [0.25, 0.3) is 0 Å². The molecule has 2 nitrogen and oxygen atoms in total. The van der Waals surface area contributed by atoms with Crippen LogP contribution in [-0.2, 0) is 0 Å². The van der Waals surface area contributed by atoms with E-state index < -0.39 is 0 Å². The first-order valence-electron chi connectivity index (χ1n) is 5.08. The van der Waals surface area contributed by atoms with Gasteiger partial charge in [-0.2, -0.15) is 0 Å². The first kappa shape index (κ1) is 20.0. The van der Waals surface area contributed by atoms with Crippen molar-refractivity contribution in [3.05, 3.63) is 0 Å². The third-order valence-corrected chi connectivity index (χ3v) is 2.16. The second-order valence-corrected chi connectivity index (χ2v) is 3.88. The van der Waals surface area contributed by atoms with Crippen LogP contribution in [0.4, 0.5) is 0 Å². The summed E-state index contributed by atoms with van der Waals surface area (Å²) in [7, 11) is 0. The van der Waals surface area contributed by atoms with Crippen molar-refractivity contribution in [2.45, 2.75) is 40.2 Å². The predicted octanol–water partition coefficient (Wildman–Crippen LogP) is 2.55. The van der Waals surface area contributed by atoms with Crippen molar-refractivity contribution in [3.8, 4) is 0 Å². The van der Waals surface area contributed by atoms with Gasteiger partial charge in [0, 0.05) is 12.6 Å². The van der Waals surface area contributed by atoms with Gasteiger partial charge in [-0.25, -0.2) is 0 Å². The van der Waals surface area contributed by atoms with Gasteiger partial charge in [0.2, 0.25) is 0 Å². The van der Waals surface area contributed by atoms with Crippen LogP contribution in [0.25, 0.3) is 0 Å². The third-order valence-electron chi connectivity index (χ3n) is 2.16. The van der Waals surface area contributed by atoms with Gasteiger partial charge in [-0.05, 0) is 25.4 Å². The minimum atomic E-state index is 0. The fourth-order valence-electron chi connectivity index (χ4n) is 1.49. The molecule has 2 N–H and O–H groups in total. The van der Waals surface area contributed by atoms with Crippen LogP contribution in [0.15, 0.2) is 0 Å². The van der Waals surface area contributed by atoms with Gasteiger partial charge in [-0.15, -0.1) is 24.8 Å². The lowest BCUT2D eigenvalue weighted by Gasteiger charge is -2.23. The Kier molecular flexibility index (Phi) is 16.5. The molecule has 0 rings (SSSR count). The average molecular weight is 245 g/mol. The van der Waals surface area contributed by atoms with Crippen molar-refractivity contribution < 1.29 is 0 Å². The van der Waals surface area contributed by atoms with E-state index in [9.17, 15) is 0 Å².